The van der Waals surface area contributed by atoms with E-state index in [0.717, 1.165) is 43.5 Å². The first-order chi connectivity index (χ1) is 21.2. The largest absolute Gasteiger partial charge is 0.490 e. The number of halogens is 8. The number of rotatable bonds is 8. The molecule has 16 heteroatoms. The van der Waals surface area contributed by atoms with Crippen molar-refractivity contribution >= 4 is 23.4 Å². The summed E-state index contributed by atoms with van der Waals surface area (Å²) in [4.78, 5) is 35.3. The van der Waals surface area contributed by atoms with Gasteiger partial charge in [0.15, 0.2) is 0 Å². The lowest BCUT2D eigenvalue weighted by Gasteiger charge is -2.40. The zero-order valence-corrected chi connectivity index (χ0v) is 24.7. The van der Waals surface area contributed by atoms with Crippen molar-refractivity contribution in [1.82, 2.24) is 9.80 Å². The molecular formula is C30H33F8N3O5. The average Bonchev–Trinajstić information content (AvgIpc) is 3.74. The molecule has 2 atom stereocenters. The Labute approximate surface area is 259 Å². The minimum absolute atomic E-state index is 0.121. The average molecular weight is 668 g/mol. The van der Waals surface area contributed by atoms with Crippen molar-refractivity contribution < 1.29 is 59.7 Å². The highest BCUT2D eigenvalue weighted by Gasteiger charge is 2.48. The van der Waals surface area contributed by atoms with E-state index in [9.17, 15) is 39.9 Å². The molecule has 2 aliphatic rings. The zero-order chi connectivity index (χ0) is 35.0. The Bertz CT molecular complexity index is 1370. The van der Waals surface area contributed by atoms with Gasteiger partial charge in [0.1, 0.15) is 11.6 Å². The van der Waals surface area contributed by atoms with E-state index >= 15 is 0 Å². The van der Waals surface area contributed by atoms with E-state index in [-0.39, 0.29) is 23.9 Å². The maximum Gasteiger partial charge on any atom is 0.490 e. The Balaban J connectivity index is 0.000000440. The van der Waals surface area contributed by atoms with Crippen LogP contribution in [0.4, 0.5) is 35.1 Å². The zero-order valence-electron chi connectivity index (χ0n) is 24.7. The number of carboxylic acid groups (broad SMARTS) is 2. The molecule has 1 heterocycles. The summed E-state index contributed by atoms with van der Waals surface area (Å²) in [6, 6.07) is 12.7. The second kappa shape index (κ2) is 15.5. The van der Waals surface area contributed by atoms with Crippen LogP contribution in [0, 0.1) is 17.6 Å². The van der Waals surface area contributed by atoms with Gasteiger partial charge < -0.3 is 25.7 Å². The minimum atomic E-state index is -5.08. The predicted octanol–water partition coefficient (Wildman–Crippen LogP) is 5.43. The topological polar surface area (TPSA) is 124 Å². The van der Waals surface area contributed by atoms with Crippen molar-refractivity contribution in [2.75, 3.05) is 27.2 Å². The number of hydrogen-bond acceptors (Lipinski definition) is 5. The van der Waals surface area contributed by atoms with Gasteiger partial charge in [-0.3, -0.25) is 4.79 Å². The highest BCUT2D eigenvalue weighted by atomic mass is 19.4. The number of hydrogen-bond donors (Lipinski definition) is 3. The molecule has 0 aromatic heterocycles. The molecule has 0 unspecified atom stereocenters. The third kappa shape index (κ3) is 10.5. The Kier molecular flexibility index (Phi) is 12.8. The van der Waals surface area contributed by atoms with Crippen molar-refractivity contribution in [3.63, 3.8) is 0 Å². The van der Waals surface area contributed by atoms with E-state index in [2.05, 4.69) is 4.90 Å². The fourth-order valence-corrected chi connectivity index (χ4v) is 4.72. The third-order valence-corrected chi connectivity index (χ3v) is 7.10. The number of nitrogens with zero attached hydrogens (tertiary/aromatic N) is 2. The van der Waals surface area contributed by atoms with Crippen LogP contribution in [0.5, 0.6) is 0 Å². The summed E-state index contributed by atoms with van der Waals surface area (Å²) < 4.78 is 92.2. The number of benzene rings is 2. The van der Waals surface area contributed by atoms with Crippen LogP contribution < -0.4 is 5.73 Å². The first kappa shape index (κ1) is 38.1. The summed E-state index contributed by atoms with van der Waals surface area (Å²) in [7, 11) is 4.03. The molecule has 0 bridgehead atoms. The molecular weight excluding hydrogens is 634 g/mol. The van der Waals surface area contributed by atoms with Crippen molar-refractivity contribution in [2.24, 2.45) is 11.7 Å². The number of carbonyl (C=O) groups is 3. The van der Waals surface area contributed by atoms with Gasteiger partial charge in [-0.2, -0.15) is 26.3 Å². The van der Waals surface area contributed by atoms with Crippen LogP contribution in [-0.4, -0.2) is 83.4 Å². The molecule has 1 aliphatic heterocycles. The van der Waals surface area contributed by atoms with E-state index in [1.807, 2.05) is 50.5 Å². The molecule has 0 radical (unpaired) electrons. The van der Waals surface area contributed by atoms with E-state index in [1.165, 1.54) is 6.07 Å². The molecule has 1 amide bonds. The van der Waals surface area contributed by atoms with Gasteiger partial charge in [0, 0.05) is 12.1 Å². The molecule has 4 rings (SSSR count). The monoisotopic (exact) mass is 667 g/mol. The summed E-state index contributed by atoms with van der Waals surface area (Å²) in [5, 5.41) is 14.2. The molecule has 0 saturated heterocycles. The lowest BCUT2D eigenvalue weighted by molar-refractivity contribution is -0.193. The summed E-state index contributed by atoms with van der Waals surface area (Å²) in [5.74, 6) is -6.43. The number of carboxylic acids is 2. The van der Waals surface area contributed by atoms with Crippen LogP contribution >= 0.6 is 0 Å². The van der Waals surface area contributed by atoms with Crippen LogP contribution in [0.25, 0.3) is 5.57 Å². The molecule has 1 saturated carbocycles. The number of aliphatic carboxylic acids is 2. The van der Waals surface area contributed by atoms with Gasteiger partial charge in [-0.05, 0) is 87.7 Å². The molecule has 1 fully saturated rings. The smallest absolute Gasteiger partial charge is 0.475 e. The van der Waals surface area contributed by atoms with Crippen molar-refractivity contribution in [3.8, 4) is 0 Å². The molecule has 254 valence electrons. The van der Waals surface area contributed by atoms with Gasteiger partial charge >= 0.3 is 24.3 Å². The van der Waals surface area contributed by atoms with E-state index in [0.29, 0.717) is 12.0 Å². The second-order valence-corrected chi connectivity index (χ2v) is 10.9. The fourth-order valence-electron chi connectivity index (χ4n) is 4.72. The van der Waals surface area contributed by atoms with Crippen LogP contribution in [0.1, 0.15) is 36.8 Å². The Hall–Kier alpha value is -4.05. The molecule has 1 aliphatic carbocycles. The highest BCUT2D eigenvalue weighted by molar-refractivity contribution is 5.88. The fraction of sp³-hybridized carbons (Fsp3) is 0.433. The number of carbonyl (C=O) groups excluding carboxylic acids is 1. The highest BCUT2D eigenvalue weighted by Crippen LogP contribution is 2.45. The van der Waals surface area contributed by atoms with Crippen LogP contribution in [0.2, 0.25) is 0 Å². The summed E-state index contributed by atoms with van der Waals surface area (Å²) >= 11 is 0. The maximum absolute atomic E-state index is 14.7. The van der Waals surface area contributed by atoms with Gasteiger partial charge in [-0.25, -0.2) is 18.4 Å². The van der Waals surface area contributed by atoms with Gasteiger partial charge in [0.2, 0.25) is 5.91 Å². The third-order valence-electron chi connectivity index (χ3n) is 7.10. The van der Waals surface area contributed by atoms with Crippen LogP contribution in [-0.2, 0) is 19.9 Å². The minimum Gasteiger partial charge on any atom is -0.475 e. The molecule has 2 aromatic rings. The number of amides is 1. The Morgan fingerprint density at radius 3 is 1.93 bits per heavy atom. The normalized spacial score (nSPS) is 18.5. The molecule has 0 spiro atoms. The van der Waals surface area contributed by atoms with Crippen LogP contribution in [0.15, 0.2) is 54.6 Å². The van der Waals surface area contributed by atoms with Crippen molar-refractivity contribution in [2.45, 2.75) is 49.6 Å². The molecule has 8 nitrogen and oxygen atoms in total. The van der Waals surface area contributed by atoms with E-state index < -0.39 is 47.5 Å². The van der Waals surface area contributed by atoms with Gasteiger partial charge in [0.25, 0.3) is 0 Å². The summed E-state index contributed by atoms with van der Waals surface area (Å²) in [5.41, 5.74) is 7.38. The van der Waals surface area contributed by atoms with E-state index in [4.69, 9.17) is 25.5 Å². The SMILES string of the molecule is CN(C)CCC[C@@]1(c2ccccc2)C=C(c2cc(F)ccc2F)CN1C(=O)[C@@H](N)C1CC1.O=C(O)C(F)(F)F.O=C(O)C(F)(F)F. The van der Waals surface area contributed by atoms with Crippen LogP contribution in [0.3, 0.4) is 0 Å². The van der Waals surface area contributed by atoms with Gasteiger partial charge in [-0.15, -0.1) is 0 Å². The summed E-state index contributed by atoms with van der Waals surface area (Å²) in [6.07, 6.45) is -4.79. The molecule has 2 aromatic carbocycles. The second-order valence-electron chi connectivity index (χ2n) is 10.9. The van der Waals surface area contributed by atoms with E-state index in [1.54, 1.807) is 4.90 Å². The quantitative estimate of drug-likeness (QED) is 0.321. The molecule has 46 heavy (non-hydrogen) atoms. The van der Waals surface area contributed by atoms with Crippen molar-refractivity contribution in [3.05, 3.63) is 77.4 Å². The standard InChI is InChI=1S/C26H31F2N3O.2C2HF3O2/c1-30(2)14-6-13-26(20-7-4-3-5-8-20)16-19(22-15-21(27)11-12-23(22)28)17-31(26)25(32)24(29)18-9-10-18;2*3-2(4,5)1(6)7/h3-5,7-8,11-12,15-16,18,24H,6,9-10,13-14,17,29H2,1-2H3;2*(H,6,7)/t24-,26-;;/m0../s1. The summed E-state index contributed by atoms with van der Waals surface area (Å²) in [6.45, 7) is 1.05. The number of alkyl halides is 6. The first-order valence-corrected chi connectivity index (χ1v) is 13.8. The predicted molar refractivity (Wildman–Crippen MR) is 150 cm³/mol. The van der Waals surface area contributed by atoms with Gasteiger partial charge in [-0.1, -0.05) is 30.3 Å². The Morgan fingerprint density at radius 1 is 0.957 bits per heavy atom. The van der Waals surface area contributed by atoms with Crippen molar-refractivity contribution in [1.29, 1.82) is 0 Å². The first-order valence-electron chi connectivity index (χ1n) is 13.8. The lowest BCUT2D eigenvalue weighted by Crippen LogP contribution is -2.52. The molecule has 4 N–H and O–H groups in total. The maximum atomic E-state index is 14.7. The number of nitrogens with two attached hydrogens (primary N) is 1. The van der Waals surface area contributed by atoms with Gasteiger partial charge in [0.05, 0.1) is 11.6 Å². The Morgan fingerprint density at radius 2 is 1.48 bits per heavy atom. The lowest BCUT2D eigenvalue weighted by atomic mass is 9.83.